The number of benzene rings is 1. The third-order valence-electron chi connectivity index (χ3n) is 4.04. The Bertz CT molecular complexity index is 721. The van der Waals surface area contributed by atoms with Crippen molar-refractivity contribution in [1.82, 2.24) is 0 Å². The second-order valence-corrected chi connectivity index (χ2v) is 6.03. The molecule has 1 N–H and O–H groups in total. The zero-order chi connectivity index (χ0) is 14.3. The number of hydrogen-bond acceptors (Lipinski definition) is 5. The Balaban J connectivity index is 2.25. The van der Waals surface area contributed by atoms with Gasteiger partial charge < -0.3 is 14.3 Å². The maximum absolute atomic E-state index is 11.7. The molecule has 106 valence electrons. The molecule has 20 heavy (non-hydrogen) atoms. The van der Waals surface area contributed by atoms with Crippen molar-refractivity contribution in [2.24, 2.45) is 0 Å². The van der Waals surface area contributed by atoms with E-state index in [-0.39, 0.29) is 0 Å². The largest absolute Gasteiger partial charge is 0.493 e. The second-order valence-electron chi connectivity index (χ2n) is 5.05. The molecule has 0 amide bonds. The van der Waals surface area contributed by atoms with E-state index < -0.39 is 16.3 Å². The number of carbonyl (C=O) groups is 1. The Labute approximate surface area is 118 Å². The molecule has 1 aliphatic carbocycles. The van der Waals surface area contributed by atoms with Crippen LogP contribution >= 0.6 is 11.3 Å². The Morgan fingerprint density at radius 3 is 2.70 bits per heavy atom. The van der Waals surface area contributed by atoms with Crippen molar-refractivity contribution in [3.8, 4) is 5.75 Å². The van der Waals surface area contributed by atoms with Crippen molar-refractivity contribution in [3.05, 3.63) is 27.4 Å². The molecule has 3 rings (SSSR count). The zero-order valence-corrected chi connectivity index (χ0v) is 11.8. The molecule has 1 aromatic carbocycles. The van der Waals surface area contributed by atoms with Gasteiger partial charge in [-0.1, -0.05) is 24.2 Å². The van der Waals surface area contributed by atoms with Crippen molar-refractivity contribution < 1.29 is 19.1 Å². The fraction of sp³-hybridized carbons (Fsp3) is 0.429. The second kappa shape index (κ2) is 4.63. The number of methoxy groups -OCH3 is 1. The van der Waals surface area contributed by atoms with Gasteiger partial charge in [-0.2, -0.15) is 0 Å². The lowest BCUT2D eigenvalue weighted by atomic mass is 9.79. The van der Waals surface area contributed by atoms with Crippen LogP contribution in [-0.2, 0) is 10.2 Å². The minimum atomic E-state index is -0.867. The van der Waals surface area contributed by atoms with Gasteiger partial charge in [0.05, 0.1) is 17.2 Å². The molecule has 0 atom stereocenters. The summed E-state index contributed by atoms with van der Waals surface area (Å²) in [7, 11) is 1.48. The van der Waals surface area contributed by atoms with Crippen molar-refractivity contribution >= 4 is 27.6 Å². The Hall–Kier alpha value is -1.82. The third-order valence-corrected chi connectivity index (χ3v) is 4.81. The summed E-state index contributed by atoms with van der Waals surface area (Å²) in [4.78, 5) is 22.7. The minimum Gasteiger partial charge on any atom is -0.493 e. The molecular formula is C14H14O5S. The number of hydrogen-bond donors (Lipinski definition) is 1. The number of aliphatic carboxylic acids is 1. The first-order chi connectivity index (χ1) is 9.56. The van der Waals surface area contributed by atoms with Crippen molar-refractivity contribution in [1.29, 1.82) is 0 Å². The first kappa shape index (κ1) is 13.2. The fourth-order valence-corrected chi connectivity index (χ4v) is 3.70. The SMILES string of the molecule is COc1cc(C2(C(=O)O)CCCC2)cc2sc(=O)oc12. The Morgan fingerprint density at radius 1 is 1.40 bits per heavy atom. The van der Waals surface area contributed by atoms with E-state index in [0.717, 1.165) is 24.2 Å². The van der Waals surface area contributed by atoms with Crippen molar-refractivity contribution in [3.63, 3.8) is 0 Å². The molecule has 1 fully saturated rings. The van der Waals surface area contributed by atoms with Crippen LogP contribution in [0.1, 0.15) is 31.2 Å². The highest BCUT2D eigenvalue weighted by Crippen LogP contribution is 2.44. The van der Waals surface area contributed by atoms with E-state index in [1.165, 1.54) is 7.11 Å². The molecule has 0 radical (unpaired) electrons. The predicted octanol–water partition coefficient (Wildman–Crippen LogP) is 2.76. The van der Waals surface area contributed by atoms with Crippen LogP contribution in [0, 0.1) is 0 Å². The standard InChI is InChI=1S/C14H14O5S/c1-18-9-6-8(7-10-11(9)19-13(17)20-10)14(12(15)16)4-2-3-5-14/h6-7H,2-5H2,1H3,(H,15,16). The first-order valence-corrected chi connectivity index (χ1v) is 7.24. The quantitative estimate of drug-likeness (QED) is 0.942. The summed E-state index contributed by atoms with van der Waals surface area (Å²) in [6.45, 7) is 0. The van der Waals surface area contributed by atoms with Crippen LogP contribution in [0.4, 0.5) is 0 Å². The van der Waals surface area contributed by atoms with Crippen LogP contribution < -0.4 is 9.68 Å². The molecular weight excluding hydrogens is 280 g/mol. The summed E-state index contributed by atoms with van der Waals surface area (Å²) < 4.78 is 11.0. The highest BCUT2D eigenvalue weighted by Gasteiger charge is 2.43. The monoisotopic (exact) mass is 294 g/mol. The van der Waals surface area contributed by atoms with Crippen LogP contribution in [0.3, 0.4) is 0 Å². The van der Waals surface area contributed by atoms with E-state index in [9.17, 15) is 14.7 Å². The van der Waals surface area contributed by atoms with Crippen LogP contribution in [0.25, 0.3) is 10.3 Å². The van der Waals surface area contributed by atoms with Crippen LogP contribution in [0.2, 0.25) is 0 Å². The zero-order valence-electron chi connectivity index (χ0n) is 11.0. The van der Waals surface area contributed by atoms with Gasteiger partial charge >= 0.3 is 10.9 Å². The van der Waals surface area contributed by atoms with Gasteiger partial charge in [0, 0.05) is 0 Å². The van der Waals surface area contributed by atoms with Gasteiger partial charge in [0.15, 0.2) is 11.3 Å². The summed E-state index contributed by atoms with van der Waals surface area (Å²) in [6.07, 6.45) is 3.02. The molecule has 1 heterocycles. The van der Waals surface area contributed by atoms with Crippen molar-refractivity contribution in [2.45, 2.75) is 31.1 Å². The van der Waals surface area contributed by atoms with Gasteiger partial charge in [0.25, 0.3) is 0 Å². The predicted molar refractivity (Wildman–Crippen MR) is 74.7 cm³/mol. The Morgan fingerprint density at radius 2 is 2.10 bits per heavy atom. The molecule has 1 saturated carbocycles. The average Bonchev–Trinajstić information content (AvgIpc) is 3.02. The lowest BCUT2D eigenvalue weighted by Gasteiger charge is -2.24. The lowest BCUT2D eigenvalue weighted by Crippen LogP contribution is -2.32. The normalized spacial score (nSPS) is 17.4. The van der Waals surface area contributed by atoms with E-state index in [2.05, 4.69) is 0 Å². The number of carboxylic acid groups (broad SMARTS) is 1. The number of ether oxygens (including phenoxy) is 1. The van der Waals surface area contributed by atoms with E-state index in [1.807, 2.05) is 0 Å². The van der Waals surface area contributed by atoms with E-state index >= 15 is 0 Å². The van der Waals surface area contributed by atoms with Crippen molar-refractivity contribution in [2.75, 3.05) is 7.11 Å². The van der Waals surface area contributed by atoms with Gasteiger partial charge in [0.2, 0.25) is 0 Å². The molecule has 0 bridgehead atoms. The summed E-state index contributed by atoms with van der Waals surface area (Å²) >= 11 is 0.970. The number of rotatable bonds is 3. The molecule has 1 aromatic heterocycles. The third kappa shape index (κ3) is 1.83. The molecule has 1 aliphatic rings. The Kier molecular flexibility index (Phi) is 3.05. The molecule has 0 spiro atoms. The molecule has 0 saturated heterocycles. The van der Waals surface area contributed by atoms with Gasteiger partial charge in [-0.3, -0.25) is 4.79 Å². The summed E-state index contributed by atoms with van der Waals surface area (Å²) in [5.74, 6) is -0.393. The summed E-state index contributed by atoms with van der Waals surface area (Å²) in [5, 5.41) is 9.64. The highest BCUT2D eigenvalue weighted by molar-refractivity contribution is 7.16. The van der Waals surface area contributed by atoms with Gasteiger partial charge in [-0.25, -0.2) is 4.79 Å². The smallest absolute Gasteiger partial charge is 0.396 e. The topological polar surface area (TPSA) is 76.7 Å². The lowest BCUT2D eigenvalue weighted by molar-refractivity contribution is -0.143. The van der Waals surface area contributed by atoms with E-state index in [1.54, 1.807) is 12.1 Å². The summed E-state index contributed by atoms with van der Waals surface area (Å²) in [6, 6.07) is 3.45. The van der Waals surface area contributed by atoms with E-state index in [4.69, 9.17) is 9.15 Å². The minimum absolute atomic E-state index is 0.393. The molecule has 0 aliphatic heterocycles. The molecule has 5 nitrogen and oxygen atoms in total. The van der Waals surface area contributed by atoms with Gasteiger partial charge in [-0.15, -0.1) is 0 Å². The van der Waals surface area contributed by atoms with Crippen LogP contribution in [0.15, 0.2) is 21.3 Å². The maximum Gasteiger partial charge on any atom is 0.396 e. The van der Waals surface area contributed by atoms with E-state index in [0.29, 0.717) is 34.4 Å². The highest BCUT2D eigenvalue weighted by atomic mass is 32.1. The van der Waals surface area contributed by atoms with Gasteiger partial charge in [0.1, 0.15) is 0 Å². The number of fused-ring (bicyclic) bond motifs is 1. The molecule has 0 unspecified atom stereocenters. The summed E-state index contributed by atoms with van der Waals surface area (Å²) in [5.41, 5.74) is 0.225. The molecule has 6 heteroatoms. The maximum atomic E-state index is 11.7. The fourth-order valence-electron chi connectivity index (χ4n) is 2.98. The van der Waals surface area contributed by atoms with Crippen LogP contribution in [-0.4, -0.2) is 18.2 Å². The van der Waals surface area contributed by atoms with Gasteiger partial charge in [-0.05, 0) is 30.5 Å². The average molecular weight is 294 g/mol. The first-order valence-electron chi connectivity index (χ1n) is 6.42. The number of carboxylic acids is 1. The van der Waals surface area contributed by atoms with Crippen LogP contribution in [0.5, 0.6) is 5.75 Å². The molecule has 2 aromatic rings.